The molecule has 0 saturated heterocycles. The maximum absolute atomic E-state index is 12.8. The minimum Gasteiger partial charge on any atom is -0.316 e. The Morgan fingerprint density at radius 3 is 2.81 bits per heavy atom. The number of carbonyl (C=O) groups excluding carboxylic acids is 1. The third-order valence-electron chi connectivity index (χ3n) is 4.39. The lowest BCUT2D eigenvalue weighted by molar-refractivity contribution is 0.205. The van der Waals surface area contributed by atoms with Gasteiger partial charge in [-0.25, -0.2) is 4.79 Å². The summed E-state index contributed by atoms with van der Waals surface area (Å²) in [6.45, 7) is 1.21. The number of urea groups is 1. The Hall–Kier alpha value is -3.15. The quantitative estimate of drug-likeness (QED) is 0.742. The summed E-state index contributed by atoms with van der Waals surface area (Å²) in [5.41, 5.74) is 2.79. The number of benzene rings is 1. The summed E-state index contributed by atoms with van der Waals surface area (Å²) < 4.78 is 1.86. The van der Waals surface area contributed by atoms with Crippen LogP contribution in [0, 0.1) is 0 Å². The number of hydrogen-bond acceptors (Lipinski definition) is 3. The van der Waals surface area contributed by atoms with Crippen molar-refractivity contribution in [3.8, 4) is 0 Å². The normalized spacial score (nSPS) is 13.4. The molecule has 1 aliphatic carbocycles. The summed E-state index contributed by atoms with van der Waals surface area (Å²) >= 11 is 0. The van der Waals surface area contributed by atoms with Crippen LogP contribution < -0.4 is 5.32 Å². The van der Waals surface area contributed by atoms with Gasteiger partial charge in [-0.2, -0.15) is 5.10 Å². The van der Waals surface area contributed by atoms with E-state index in [1.807, 2.05) is 64.3 Å². The van der Waals surface area contributed by atoms with Gasteiger partial charge in [0.2, 0.25) is 0 Å². The van der Waals surface area contributed by atoms with Gasteiger partial charge in [-0.05, 0) is 48.7 Å². The van der Waals surface area contributed by atoms with E-state index in [4.69, 9.17) is 0 Å². The number of rotatable bonds is 6. The third kappa shape index (κ3) is 4.08. The Labute approximate surface area is 152 Å². The number of nitrogens with zero attached hydrogens (tertiary/aromatic N) is 4. The molecule has 1 saturated carbocycles. The third-order valence-corrected chi connectivity index (χ3v) is 4.39. The topological polar surface area (TPSA) is 63.1 Å². The zero-order chi connectivity index (χ0) is 17.8. The lowest BCUT2D eigenvalue weighted by atomic mass is 10.2. The number of anilines is 1. The van der Waals surface area contributed by atoms with Crippen molar-refractivity contribution in [1.82, 2.24) is 19.7 Å². The van der Waals surface area contributed by atoms with Crippen LogP contribution >= 0.6 is 0 Å². The van der Waals surface area contributed by atoms with Crippen LogP contribution in [0.3, 0.4) is 0 Å². The van der Waals surface area contributed by atoms with Gasteiger partial charge in [0.05, 0.1) is 18.8 Å². The first-order valence-corrected chi connectivity index (χ1v) is 8.82. The van der Waals surface area contributed by atoms with E-state index in [-0.39, 0.29) is 6.03 Å². The molecule has 1 fully saturated rings. The van der Waals surface area contributed by atoms with E-state index >= 15 is 0 Å². The number of nitrogens with one attached hydrogen (secondary N) is 1. The van der Waals surface area contributed by atoms with E-state index in [1.165, 1.54) is 0 Å². The molecule has 0 bridgehead atoms. The molecular formula is C20H21N5O. The first kappa shape index (κ1) is 16.3. The molecule has 0 aliphatic heterocycles. The molecule has 6 nitrogen and oxygen atoms in total. The Balaban J connectivity index is 1.44. The summed E-state index contributed by atoms with van der Waals surface area (Å²) in [6.07, 6.45) is 7.56. The van der Waals surface area contributed by atoms with Gasteiger partial charge in [0.1, 0.15) is 0 Å². The average molecular weight is 347 g/mol. The second-order valence-corrected chi connectivity index (χ2v) is 6.51. The molecule has 132 valence electrons. The van der Waals surface area contributed by atoms with Crippen molar-refractivity contribution in [2.45, 2.75) is 32.0 Å². The number of carbonyl (C=O) groups is 1. The molecule has 1 N–H and O–H groups in total. The van der Waals surface area contributed by atoms with Gasteiger partial charge < -0.3 is 10.2 Å². The Morgan fingerprint density at radius 1 is 1.15 bits per heavy atom. The predicted octanol–water partition coefficient (Wildman–Crippen LogP) is 3.52. The number of amides is 2. The minimum absolute atomic E-state index is 0.0746. The number of pyridine rings is 1. The molecule has 2 aromatic heterocycles. The first-order chi connectivity index (χ1) is 12.8. The van der Waals surface area contributed by atoms with Crippen molar-refractivity contribution in [2.75, 3.05) is 5.32 Å². The van der Waals surface area contributed by atoms with Gasteiger partial charge in [0.25, 0.3) is 0 Å². The molecule has 1 aromatic carbocycles. The standard InChI is InChI=1S/C20H21N5O/c26-20(25(19-8-9-19)15-18-6-1-2-10-21-18)23-17-7-3-5-16(13-17)14-24-12-4-11-22-24/h1-7,10-13,19H,8-9,14-15H2,(H,23,26). The fourth-order valence-electron chi connectivity index (χ4n) is 2.94. The summed E-state index contributed by atoms with van der Waals surface area (Å²) in [7, 11) is 0. The second kappa shape index (κ2) is 7.39. The van der Waals surface area contributed by atoms with Crippen molar-refractivity contribution in [2.24, 2.45) is 0 Å². The molecule has 1 aliphatic rings. The van der Waals surface area contributed by atoms with E-state index in [0.717, 1.165) is 29.8 Å². The van der Waals surface area contributed by atoms with Crippen LogP contribution in [0.5, 0.6) is 0 Å². The van der Waals surface area contributed by atoms with E-state index in [2.05, 4.69) is 15.4 Å². The monoisotopic (exact) mass is 347 g/mol. The van der Waals surface area contributed by atoms with Crippen LogP contribution in [0.15, 0.2) is 67.1 Å². The lowest BCUT2D eigenvalue weighted by Crippen LogP contribution is -2.36. The predicted molar refractivity (Wildman–Crippen MR) is 99.6 cm³/mol. The molecule has 2 amide bonds. The molecule has 4 rings (SSSR count). The van der Waals surface area contributed by atoms with Crippen LogP contribution in [-0.4, -0.2) is 31.7 Å². The Kier molecular flexibility index (Phi) is 4.64. The van der Waals surface area contributed by atoms with Gasteiger partial charge in [0, 0.05) is 30.3 Å². The smallest absolute Gasteiger partial charge is 0.316 e. The maximum atomic E-state index is 12.8. The highest BCUT2D eigenvalue weighted by Gasteiger charge is 2.32. The van der Waals surface area contributed by atoms with Gasteiger partial charge in [-0.3, -0.25) is 9.67 Å². The molecule has 0 radical (unpaired) electrons. The largest absolute Gasteiger partial charge is 0.322 e. The highest BCUT2D eigenvalue weighted by atomic mass is 16.2. The summed E-state index contributed by atoms with van der Waals surface area (Å²) in [5.74, 6) is 0. The van der Waals surface area contributed by atoms with Crippen molar-refractivity contribution in [3.63, 3.8) is 0 Å². The van der Waals surface area contributed by atoms with Gasteiger partial charge in [-0.1, -0.05) is 18.2 Å². The molecule has 3 aromatic rings. The second-order valence-electron chi connectivity index (χ2n) is 6.51. The fourth-order valence-corrected chi connectivity index (χ4v) is 2.94. The Bertz CT molecular complexity index is 859. The van der Waals surface area contributed by atoms with Crippen LogP contribution in [0.25, 0.3) is 0 Å². The van der Waals surface area contributed by atoms with Gasteiger partial charge in [0.15, 0.2) is 0 Å². The highest BCUT2D eigenvalue weighted by molar-refractivity contribution is 5.89. The lowest BCUT2D eigenvalue weighted by Gasteiger charge is -2.22. The zero-order valence-electron chi connectivity index (χ0n) is 14.5. The molecule has 0 unspecified atom stereocenters. The summed E-state index contributed by atoms with van der Waals surface area (Å²) in [4.78, 5) is 19.0. The van der Waals surface area contributed by atoms with Crippen LogP contribution in [0.1, 0.15) is 24.1 Å². The van der Waals surface area contributed by atoms with E-state index in [1.54, 1.807) is 12.4 Å². The molecule has 2 heterocycles. The van der Waals surface area contributed by atoms with Gasteiger partial charge in [-0.15, -0.1) is 0 Å². The van der Waals surface area contributed by atoms with Crippen molar-refractivity contribution >= 4 is 11.7 Å². The van der Waals surface area contributed by atoms with Crippen LogP contribution in [0.4, 0.5) is 10.5 Å². The van der Waals surface area contributed by atoms with Crippen LogP contribution in [-0.2, 0) is 13.1 Å². The van der Waals surface area contributed by atoms with Crippen LogP contribution in [0.2, 0.25) is 0 Å². The first-order valence-electron chi connectivity index (χ1n) is 8.82. The molecular weight excluding hydrogens is 326 g/mol. The highest BCUT2D eigenvalue weighted by Crippen LogP contribution is 2.29. The minimum atomic E-state index is -0.0746. The SMILES string of the molecule is O=C(Nc1cccc(Cn2cccn2)c1)N(Cc1ccccn1)C1CC1. The van der Waals surface area contributed by atoms with Crippen molar-refractivity contribution < 1.29 is 4.79 Å². The van der Waals surface area contributed by atoms with E-state index < -0.39 is 0 Å². The summed E-state index contributed by atoms with van der Waals surface area (Å²) in [5, 5.41) is 7.26. The molecule has 0 atom stereocenters. The van der Waals surface area contributed by atoms with Crippen molar-refractivity contribution in [1.29, 1.82) is 0 Å². The molecule has 6 heteroatoms. The zero-order valence-corrected chi connectivity index (χ0v) is 14.5. The molecule has 0 spiro atoms. The van der Waals surface area contributed by atoms with E-state index in [9.17, 15) is 4.79 Å². The summed E-state index contributed by atoms with van der Waals surface area (Å²) in [6, 6.07) is 15.8. The van der Waals surface area contributed by atoms with Crippen molar-refractivity contribution in [3.05, 3.63) is 78.4 Å². The van der Waals surface area contributed by atoms with Gasteiger partial charge >= 0.3 is 6.03 Å². The average Bonchev–Trinajstić information content (AvgIpc) is 3.37. The Morgan fingerprint density at radius 2 is 2.08 bits per heavy atom. The fraction of sp³-hybridized carbons (Fsp3) is 0.250. The number of hydrogen-bond donors (Lipinski definition) is 1. The maximum Gasteiger partial charge on any atom is 0.322 e. The van der Waals surface area contributed by atoms with E-state index in [0.29, 0.717) is 19.1 Å². The molecule has 26 heavy (non-hydrogen) atoms. The number of aromatic nitrogens is 3.